The van der Waals surface area contributed by atoms with Gasteiger partial charge in [-0.15, -0.1) is 0 Å². The van der Waals surface area contributed by atoms with E-state index in [-0.39, 0.29) is 0 Å². The molecule has 6 nitrogen and oxygen atoms in total. The maximum atomic E-state index is 10.5. The number of methoxy groups -OCH3 is 1. The lowest BCUT2D eigenvalue weighted by molar-refractivity contribution is 0.145. The van der Waals surface area contributed by atoms with Gasteiger partial charge in [-0.05, 0) is 43.5 Å². The highest BCUT2D eigenvalue weighted by Gasteiger charge is 2.08. The van der Waals surface area contributed by atoms with Crippen LogP contribution >= 0.6 is 0 Å². The lowest BCUT2D eigenvalue weighted by atomic mass is 10.1. The van der Waals surface area contributed by atoms with E-state index in [4.69, 9.17) is 9.47 Å². The predicted molar refractivity (Wildman–Crippen MR) is 117 cm³/mol. The molecule has 0 bridgehead atoms. The van der Waals surface area contributed by atoms with Crippen molar-refractivity contribution in [3.8, 4) is 5.75 Å². The average molecular weight is 400 g/mol. The molecule has 1 unspecified atom stereocenters. The van der Waals surface area contributed by atoms with Crippen molar-refractivity contribution < 1.29 is 14.6 Å². The van der Waals surface area contributed by atoms with Gasteiger partial charge in [-0.1, -0.05) is 42.0 Å². The van der Waals surface area contributed by atoms with Crippen LogP contribution < -0.4 is 15.4 Å². The molecule has 0 radical (unpaired) electrons. The smallest absolute Gasteiger partial charge is 0.191 e. The minimum Gasteiger partial charge on any atom is -0.497 e. The quantitative estimate of drug-likeness (QED) is 0.307. The summed E-state index contributed by atoms with van der Waals surface area (Å²) < 4.78 is 10.6. The molecular formula is C23H33N3O3. The fourth-order valence-electron chi connectivity index (χ4n) is 2.70. The van der Waals surface area contributed by atoms with E-state index in [9.17, 15) is 5.11 Å². The Kier molecular flexibility index (Phi) is 10.0. The van der Waals surface area contributed by atoms with Gasteiger partial charge in [-0.2, -0.15) is 0 Å². The zero-order chi connectivity index (χ0) is 20.9. The second-order valence-electron chi connectivity index (χ2n) is 6.80. The summed E-state index contributed by atoms with van der Waals surface area (Å²) in [6.45, 7) is 7.11. The molecule has 0 aliphatic heterocycles. The number of aliphatic imine (C=N–C) groups is 1. The Labute approximate surface area is 174 Å². The van der Waals surface area contributed by atoms with Crippen molar-refractivity contribution in [2.75, 3.05) is 33.4 Å². The first-order valence-electron chi connectivity index (χ1n) is 10.1. The third-order valence-electron chi connectivity index (χ3n) is 4.47. The molecule has 0 aromatic heterocycles. The molecule has 6 heteroatoms. The highest BCUT2D eigenvalue weighted by molar-refractivity contribution is 5.79. The van der Waals surface area contributed by atoms with E-state index in [1.807, 2.05) is 62.4 Å². The van der Waals surface area contributed by atoms with Crippen molar-refractivity contribution in [2.24, 2.45) is 4.99 Å². The number of aliphatic hydroxyl groups excluding tert-OH is 1. The van der Waals surface area contributed by atoms with Crippen molar-refractivity contribution in [3.63, 3.8) is 0 Å². The summed E-state index contributed by atoms with van der Waals surface area (Å²) >= 11 is 0. The first-order valence-corrected chi connectivity index (χ1v) is 10.1. The molecule has 2 aromatic carbocycles. The van der Waals surface area contributed by atoms with Crippen LogP contribution in [-0.2, 0) is 11.3 Å². The second-order valence-corrected chi connectivity index (χ2v) is 6.80. The lowest BCUT2D eigenvalue weighted by Gasteiger charge is -2.16. The van der Waals surface area contributed by atoms with E-state index in [1.54, 1.807) is 7.11 Å². The summed E-state index contributed by atoms with van der Waals surface area (Å²) in [6.07, 6.45) is 0.282. The van der Waals surface area contributed by atoms with Gasteiger partial charge in [0, 0.05) is 26.3 Å². The molecule has 0 amide bonds. The molecule has 0 aliphatic carbocycles. The van der Waals surface area contributed by atoms with Crippen LogP contribution in [0.4, 0.5) is 0 Å². The van der Waals surface area contributed by atoms with Gasteiger partial charge >= 0.3 is 0 Å². The number of nitrogens with zero attached hydrogens (tertiary/aromatic N) is 1. The molecule has 2 rings (SSSR count). The molecule has 158 valence electrons. The largest absolute Gasteiger partial charge is 0.497 e. The van der Waals surface area contributed by atoms with Gasteiger partial charge in [0.15, 0.2) is 5.96 Å². The number of rotatable bonds is 11. The fourth-order valence-corrected chi connectivity index (χ4v) is 2.70. The van der Waals surface area contributed by atoms with Crippen LogP contribution in [0, 0.1) is 6.92 Å². The number of aliphatic hydroxyl groups is 1. The first-order chi connectivity index (χ1) is 14.1. The first kappa shape index (κ1) is 22.7. The van der Waals surface area contributed by atoms with Crippen molar-refractivity contribution >= 4 is 5.96 Å². The normalized spacial score (nSPS) is 12.5. The predicted octanol–water partition coefficient (Wildman–Crippen LogP) is 3.20. The molecule has 0 saturated carbocycles. The van der Waals surface area contributed by atoms with Crippen LogP contribution in [0.25, 0.3) is 0 Å². The van der Waals surface area contributed by atoms with E-state index in [0.29, 0.717) is 25.7 Å². The lowest BCUT2D eigenvalue weighted by Crippen LogP contribution is -2.40. The van der Waals surface area contributed by atoms with E-state index in [2.05, 4.69) is 15.6 Å². The monoisotopic (exact) mass is 399 g/mol. The van der Waals surface area contributed by atoms with Crippen LogP contribution in [0.3, 0.4) is 0 Å². The number of hydrogen-bond acceptors (Lipinski definition) is 4. The van der Waals surface area contributed by atoms with Crippen LogP contribution in [0.2, 0.25) is 0 Å². The van der Waals surface area contributed by atoms with Gasteiger partial charge in [-0.25, -0.2) is 4.99 Å². The minimum atomic E-state index is -0.605. The Morgan fingerprint density at radius 1 is 1.07 bits per heavy atom. The van der Waals surface area contributed by atoms with Crippen molar-refractivity contribution in [2.45, 2.75) is 32.9 Å². The summed E-state index contributed by atoms with van der Waals surface area (Å²) in [5.74, 6) is 1.50. The van der Waals surface area contributed by atoms with E-state index in [1.165, 1.54) is 5.56 Å². The molecule has 0 fully saturated rings. The Morgan fingerprint density at radius 2 is 1.79 bits per heavy atom. The van der Waals surface area contributed by atoms with E-state index in [0.717, 1.165) is 36.4 Å². The van der Waals surface area contributed by atoms with Crippen molar-refractivity contribution in [1.29, 1.82) is 0 Å². The standard InChI is InChI=1S/C23H33N3O3/c1-4-29-15-5-14-24-23(25-16-19-8-12-21(28-3)13-9-19)26-17-22(27)20-10-6-18(2)7-11-20/h6-13,22,27H,4-5,14-17H2,1-3H3,(H2,24,25,26). The zero-order valence-corrected chi connectivity index (χ0v) is 17.6. The SMILES string of the molecule is CCOCCCNC(=NCc1ccc(OC)cc1)NCC(O)c1ccc(C)cc1. The number of nitrogens with one attached hydrogen (secondary N) is 2. The number of benzene rings is 2. The van der Waals surface area contributed by atoms with Crippen LogP contribution in [0.1, 0.15) is 36.1 Å². The Morgan fingerprint density at radius 3 is 2.45 bits per heavy atom. The second kappa shape index (κ2) is 12.8. The molecule has 2 aromatic rings. The molecule has 0 heterocycles. The van der Waals surface area contributed by atoms with Crippen molar-refractivity contribution in [3.05, 3.63) is 65.2 Å². The van der Waals surface area contributed by atoms with E-state index >= 15 is 0 Å². The van der Waals surface area contributed by atoms with Gasteiger partial charge < -0.3 is 25.2 Å². The topological polar surface area (TPSA) is 75.1 Å². The van der Waals surface area contributed by atoms with Gasteiger partial charge in [0.05, 0.1) is 19.8 Å². The molecule has 0 spiro atoms. The number of ether oxygens (including phenoxy) is 2. The Balaban J connectivity index is 1.93. The fraction of sp³-hybridized carbons (Fsp3) is 0.435. The molecule has 1 atom stereocenters. The van der Waals surface area contributed by atoms with Gasteiger partial charge in [0.1, 0.15) is 5.75 Å². The highest BCUT2D eigenvalue weighted by Crippen LogP contribution is 2.13. The van der Waals surface area contributed by atoms with Gasteiger partial charge in [-0.3, -0.25) is 0 Å². The average Bonchev–Trinajstić information content (AvgIpc) is 2.75. The minimum absolute atomic E-state index is 0.378. The van der Waals surface area contributed by atoms with Gasteiger partial charge in [0.2, 0.25) is 0 Å². The van der Waals surface area contributed by atoms with Gasteiger partial charge in [0.25, 0.3) is 0 Å². The zero-order valence-electron chi connectivity index (χ0n) is 17.6. The van der Waals surface area contributed by atoms with Crippen LogP contribution in [0.15, 0.2) is 53.5 Å². The molecular weight excluding hydrogens is 366 g/mol. The summed E-state index contributed by atoms with van der Waals surface area (Å²) in [5, 5.41) is 17.0. The number of guanidine groups is 1. The van der Waals surface area contributed by atoms with Crippen molar-refractivity contribution in [1.82, 2.24) is 10.6 Å². The molecule has 0 saturated heterocycles. The van der Waals surface area contributed by atoms with Crippen LogP contribution in [-0.4, -0.2) is 44.5 Å². The third kappa shape index (κ3) is 8.54. The summed E-state index contributed by atoms with van der Waals surface area (Å²) in [4.78, 5) is 4.65. The summed E-state index contributed by atoms with van der Waals surface area (Å²) in [7, 11) is 1.65. The van der Waals surface area contributed by atoms with Crippen LogP contribution in [0.5, 0.6) is 5.75 Å². The highest BCUT2D eigenvalue weighted by atomic mass is 16.5. The molecule has 0 aliphatic rings. The maximum absolute atomic E-state index is 10.5. The summed E-state index contributed by atoms with van der Waals surface area (Å²) in [6, 6.07) is 15.7. The molecule has 3 N–H and O–H groups in total. The number of hydrogen-bond donors (Lipinski definition) is 3. The maximum Gasteiger partial charge on any atom is 0.191 e. The Hall–Kier alpha value is -2.57. The van der Waals surface area contributed by atoms with E-state index < -0.39 is 6.10 Å². The third-order valence-corrected chi connectivity index (χ3v) is 4.47. The Bertz CT molecular complexity index is 730. The number of aryl methyl sites for hydroxylation is 1. The molecule has 29 heavy (non-hydrogen) atoms. The summed E-state index contributed by atoms with van der Waals surface area (Å²) in [5.41, 5.74) is 3.14.